The topological polar surface area (TPSA) is 63.4 Å². The number of benzene rings is 1. The fraction of sp³-hybridized carbons (Fsp3) is 0.600. The van der Waals surface area contributed by atoms with Crippen LogP contribution in [0.1, 0.15) is 32.3 Å². The van der Waals surface area contributed by atoms with Gasteiger partial charge in [0.2, 0.25) is 0 Å². The number of hydrogen-bond acceptors (Lipinski definition) is 4. The molecule has 5 nitrogen and oxygen atoms in total. The van der Waals surface area contributed by atoms with E-state index >= 15 is 0 Å². The van der Waals surface area contributed by atoms with Crippen molar-refractivity contribution in [2.45, 2.75) is 38.4 Å². The van der Waals surface area contributed by atoms with Crippen LogP contribution in [0.2, 0.25) is 0 Å². The van der Waals surface area contributed by atoms with Gasteiger partial charge in [0.05, 0.1) is 9.67 Å². The maximum Gasteiger partial charge on any atom is 0.292 e. The summed E-state index contributed by atoms with van der Waals surface area (Å²) in [6.45, 7) is 7.24. The molecule has 0 amide bonds. The first-order valence-electron chi connectivity index (χ1n) is 7.32. The molecule has 6 heteroatoms. The molecular formula is C15H22N2O3S. The second-order valence-corrected chi connectivity index (χ2v) is 7.53. The molecule has 116 valence electrons. The lowest BCUT2D eigenvalue weighted by molar-refractivity contribution is -0.384. The highest BCUT2D eigenvalue weighted by atomic mass is 32.2. The molecule has 1 atom stereocenters. The number of para-hydroxylation sites is 1. The Balaban J connectivity index is 2.44. The van der Waals surface area contributed by atoms with Gasteiger partial charge in [0.1, 0.15) is 5.69 Å². The molecule has 0 N–H and O–H groups in total. The van der Waals surface area contributed by atoms with Gasteiger partial charge in [-0.3, -0.25) is 14.3 Å². The first kappa shape index (κ1) is 15.9. The summed E-state index contributed by atoms with van der Waals surface area (Å²) in [7, 11) is -0.867. The highest BCUT2D eigenvalue weighted by molar-refractivity contribution is 7.86. The molecule has 0 spiro atoms. The molecule has 1 fully saturated rings. The summed E-state index contributed by atoms with van der Waals surface area (Å²) in [5.41, 5.74) is 1.73. The molecule has 0 radical (unpaired) electrons. The van der Waals surface area contributed by atoms with Gasteiger partial charge in [0, 0.05) is 35.7 Å². The third kappa shape index (κ3) is 2.81. The van der Waals surface area contributed by atoms with Crippen molar-refractivity contribution in [3.05, 3.63) is 33.9 Å². The molecule has 1 aromatic carbocycles. The lowest BCUT2D eigenvalue weighted by Gasteiger charge is -2.42. The molecule has 1 aliphatic heterocycles. The Kier molecular flexibility index (Phi) is 4.66. The van der Waals surface area contributed by atoms with Crippen LogP contribution in [0, 0.1) is 17.0 Å². The van der Waals surface area contributed by atoms with E-state index in [0.717, 1.165) is 18.4 Å². The molecule has 2 rings (SSSR count). The summed E-state index contributed by atoms with van der Waals surface area (Å²) >= 11 is 0. The zero-order valence-corrected chi connectivity index (χ0v) is 13.6. The molecular weight excluding hydrogens is 288 g/mol. The lowest BCUT2D eigenvalue weighted by Crippen LogP contribution is -2.53. The summed E-state index contributed by atoms with van der Waals surface area (Å²) in [6.07, 6.45) is 1.65. The molecule has 0 aromatic heterocycles. The average molecular weight is 310 g/mol. The summed E-state index contributed by atoms with van der Waals surface area (Å²) < 4.78 is 12.2. The summed E-state index contributed by atoms with van der Waals surface area (Å²) in [5, 5.41) is 11.3. The Morgan fingerprint density at radius 2 is 2.05 bits per heavy atom. The van der Waals surface area contributed by atoms with Crippen molar-refractivity contribution < 1.29 is 9.13 Å². The number of anilines is 1. The number of nitrogens with zero attached hydrogens (tertiary/aromatic N) is 2. The van der Waals surface area contributed by atoms with Crippen LogP contribution >= 0.6 is 0 Å². The van der Waals surface area contributed by atoms with Gasteiger partial charge in [0.25, 0.3) is 5.69 Å². The van der Waals surface area contributed by atoms with Crippen molar-refractivity contribution >= 4 is 22.2 Å². The lowest BCUT2D eigenvalue weighted by atomic mass is 10.00. The predicted molar refractivity (Wildman–Crippen MR) is 86.4 cm³/mol. The van der Waals surface area contributed by atoms with Gasteiger partial charge in [0.15, 0.2) is 0 Å². The zero-order chi connectivity index (χ0) is 15.6. The Morgan fingerprint density at radius 1 is 1.38 bits per heavy atom. The van der Waals surface area contributed by atoms with E-state index in [-0.39, 0.29) is 15.4 Å². The van der Waals surface area contributed by atoms with Gasteiger partial charge in [-0.15, -0.1) is 0 Å². The van der Waals surface area contributed by atoms with Gasteiger partial charge in [-0.1, -0.05) is 26.0 Å². The number of rotatable bonds is 4. The van der Waals surface area contributed by atoms with Crippen molar-refractivity contribution in [2.24, 2.45) is 0 Å². The van der Waals surface area contributed by atoms with Crippen LogP contribution in [-0.4, -0.2) is 32.7 Å². The van der Waals surface area contributed by atoms with Gasteiger partial charge in [-0.25, -0.2) is 0 Å². The van der Waals surface area contributed by atoms with E-state index in [1.807, 2.05) is 13.0 Å². The van der Waals surface area contributed by atoms with Gasteiger partial charge < -0.3 is 4.90 Å². The van der Waals surface area contributed by atoms with E-state index in [1.54, 1.807) is 12.1 Å². The van der Waals surface area contributed by atoms with Crippen molar-refractivity contribution in [3.63, 3.8) is 0 Å². The first-order chi connectivity index (χ1) is 9.95. The smallest absolute Gasteiger partial charge is 0.292 e. The third-order valence-electron chi connectivity index (χ3n) is 4.53. The minimum absolute atomic E-state index is 0.142. The largest absolute Gasteiger partial charge is 0.363 e. The van der Waals surface area contributed by atoms with Gasteiger partial charge in [-0.2, -0.15) is 0 Å². The third-order valence-corrected chi connectivity index (χ3v) is 6.75. The normalized spacial score (nSPS) is 21.3. The van der Waals surface area contributed by atoms with Gasteiger partial charge >= 0.3 is 0 Å². The molecule has 1 unspecified atom stereocenters. The van der Waals surface area contributed by atoms with Crippen molar-refractivity contribution in [1.82, 2.24) is 0 Å². The molecule has 1 aliphatic rings. The van der Waals surface area contributed by atoms with E-state index in [9.17, 15) is 14.3 Å². The SMILES string of the molecule is CCC1(CC)CN(c2c(C)cccc2[N+](=O)[O-])CCS1=O. The summed E-state index contributed by atoms with van der Waals surface area (Å²) in [4.78, 5) is 13.0. The average Bonchev–Trinajstić information content (AvgIpc) is 2.48. The van der Waals surface area contributed by atoms with E-state index < -0.39 is 10.8 Å². The molecule has 0 saturated carbocycles. The molecule has 1 heterocycles. The van der Waals surface area contributed by atoms with Gasteiger partial charge in [-0.05, 0) is 25.3 Å². The maximum atomic E-state index is 12.4. The fourth-order valence-corrected chi connectivity index (χ4v) is 4.86. The quantitative estimate of drug-likeness (QED) is 0.633. The second-order valence-electron chi connectivity index (χ2n) is 5.56. The highest BCUT2D eigenvalue weighted by Gasteiger charge is 2.40. The van der Waals surface area contributed by atoms with Crippen molar-refractivity contribution in [3.8, 4) is 0 Å². The zero-order valence-electron chi connectivity index (χ0n) is 12.8. The van der Waals surface area contributed by atoms with Crippen LogP contribution in [0.15, 0.2) is 18.2 Å². The highest BCUT2D eigenvalue weighted by Crippen LogP contribution is 2.37. The van der Waals surface area contributed by atoms with Crippen LogP contribution in [-0.2, 0) is 10.8 Å². The van der Waals surface area contributed by atoms with Crippen LogP contribution in [0.4, 0.5) is 11.4 Å². The van der Waals surface area contributed by atoms with Crippen LogP contribution in [0.5, 0.6) is 0 Å². The number of aryl methyl sites for hydroxylation is 1. The first-order valence-corrected chi connectivity index (χ1v) is 8.64. The van der Waals surface area contributed by atoms with E-state index in [0.29, 0.717) is 24.5 Å². The summed E-state index contributed by atoms with van der Waals surface area (Å²) in [5.74, 6) is 0.577. The van der Waals surface area contributed by atoms with E-state index in [4.69, 9.17) is 0 Å². The number of hydrogen-bond donors (Lipinski definition) is 0. The Labute approximate surface area is 127 Å². The van der Waals surface area contributed by atoms with Crippen molar-refractivity contribution in [2.75, 3.05) is 23.7 Å². The van der Waals surface area contributed by atoms with Crippen LogP contribution < -0.4 is 4.90 Å². The molecule has 1 saturated heterocycles. The number of nitro benzene ring substituents is 1. The molecule has 1 aromatic rings. The predicted octanol–water partition coefficient (Wildman–Crippen LogP) is 3.03. The second kappa shape index (κ2) is 6.13. The fourth-order valence-electron chi connectivity index (χ4n) is 3.10. The monoisotopic (exact) mass is 310 g/mol. The Morgan fingerprint density at radius 3 is 2.62 bits per heavy atom. The molecule has 0 aliphatic carbocycles. The molecule has 0 bridgehead atoms. The Hall–Kier alpha value is -1.43. The number of nitro groups is 1. The Bertz CT molecular complexity index is 570. The van der Waals surface area contributed by atoms with E-state index in [2.05, 4.69) is 18.7 Å². The van der Waals surface area contributed by atoms with Crippen molar-refractivity contribution in [1.29, 1.82) is 0 Å². The maximum absolute atomic E-state index is 12.4. The standard InChI is InChI=1S/C15H22N2O3S/c1-4-15(5-2)11-16(9-10-21(15)20)14-12(3)7-6-8-13(14)17(18)19/h6-8H,4-5,9-11H2,1-3H3. The molecule has 21 heavy (non-hydrogen) atoms. The van der Waals surface area contributed by atoms with Crippen LogP contribution in [0.25, 0.3) is 0 Å². The van der Waals surface area contributed by atoms with E-state index in [1.165, 1.54) is 0 Å². The minimum Gasteiger partial charge on any atom is -0.363 e. The van der Waals surface area contributed by atoms with Crippen LogP contribution in [0.3, 0.4) is 0 Å². The summed E-state index contributed by atoms with van der Waals surface area (Å²) in [6, 6.07) is 5.16. The minimum atomic E-state index is -0.867.